The first kappa shape index (κ1) is 11.8. The highest BCUT2D eigenvalue weighted by atomic mass is 32.2. The summed E-state index contributed by atoms with van der Waals surface area (Å²) in [5, 5.41) is 17.5. The van der Waals surface area contributed by atoms with E-state index in [1.807, 2.05) is 0 Å². The van der Waals surface area contributed by atoms with Crippen molar-refractivity contribution in [2.24, 2.45) is 5.73 Å². The minimum absolute atomic E-state index is 0.0598. The van der Waals surface area contributed by atoms with Gasteiger partial charge in [0.15, 0.2) is 5.17 Å². The third-order valence-electron chi connectivity index (χ3n) is 1.08. The van der Waals surface area contributed by atoms with Crippen molar-refractivity contribution >= 4 is 28.8 Å². The number of nitrogens with two attached hydrogens (primary N) is 1. The van der Waals surface area contributed by atoms with Crippen molar-refractivity contribution in [2.45, 2.75) is 13.0 Å². The Labute approximate surface area is 79.4 Å². The number of nitrogens with one attached hydrogen (secondary N) is 2. The van der Waals surface area contributed by atoms with Gasteiger partial charge in [0.25, 0.3) is 0 Å². The summed E-state index contributed by atoms with van der Waals surface area (Å²) in [7, 11) is 0. The van der Waals surface area contributed by atoms with Crippen molar-refractivity contribution in [3.05, 3.63) is 0 Å². The number of amides is 1. The molecule has 0 aliphatic carbocycles. The summed E-state index contributed by atoms with van der Waals surface area (Å²) in [5.41, 5.74) is 5.01. The maximum Gasteiger partial charge on any atom is 0.327 e. The molecule has 0 rings (SSSR count). The molecule has 6 nitrogen and oxygen atoms in total. The van der Waals surface area contributed by atoms with Crippen molar-refractivity contribution in [1.82, 2.24) is 5.32 Å². The van der Waals surface area contributed by atoms with Gasteiger partial charge in [-0.05, 0) is 0 Å². The van der Waals surface area contributed by atoms with E-state index in [1.165, 1.54) is 6.92 Å². The van der Waals surface area contributed by atoms with E-state index in [2.05, 4.69) is 5.32 Å². The molecule has 5 N–H and O–H groups in total. The second-order valence-electron chi connectivity index (χ2n) is 2.27. The molecule has 0 saturated heterocycles. The van der Waals surface area contributed by atoms with Gasteiger partial charge in [0.05, 0.1) is 0 Å². The Morgan fingerprint density at radius 2 is 2.23 bits per heavy atom. The number of rotatable bonds is 4. The molecule has 74 valence electrons. The lowest BCUT2D eigenvalue weighted by atomic mass is 10.3. The van der Waals surface area contributed by atoms with Gasteiger partial charge in [-0.3, -0.25) is 10.2 Å². The Kier molecular flexibility index (Phi) is 4.90. The molecule has 0 aromatic rings. The Bertz CT molecular complexity index is 231. The number of carboxylic acid groups (broad SMARTS) is 1. The topological polar surface area (TPSA) is 116 Å². The fourth-order valence-electron chi connectivity index (χ4n) is 0.593. The van der Waals surface area contributed by atoms with E-state index in [4.69, 9.17) is 16.2 Å². The predicted octanol–water partition coefficient (Wildman–Crippen LogP) is -0.798. The van der Waals surface area contributed by atoms with Gasteiger partial charge in [0.2, 0.25) is 5.91 Å². The molecule has 0 bridgehead atoms. The minimum Gasteiger partial charge on any atom is -0.480 e. The highest BCUT2D eigenvalue weighted by molar-refractivity contribution is 8.13. The molecule has 0 saturated carbocycles. The third-order valence-corrected chi connectivity index (χ3v) is 1.89. The number of amidine groups is 1. The zero-order chi connectivity index (χ0) is 10.4. The van der Waals surface area contributed by atoms with Crippen LogP contribution in [0.2, 0.25) is 0 Å². The molecule has 0 heterocycles. The van der Waals surface area contributed by atoms with Crippen molar-refractivity contribution in [1.29, 1.82) is 5.41 Å². The molecule has 0 aromatic carbocycles. The van der Waals surface area contributed by atoms with Crippen LogP contribution in [-0.4, -0.2) is 33.9 Å². The molecular weight excluding hydrogens is 194 g/mol. The lowest BCUT2D eigenvalue weighted by molar-refractivity contribution is -0.140. The molecule has 7 heteroatoms. The first-order valence-electron chi connectivity index (χ1n) is 3.40. The summed E-state index contributed by atoms with van der Waals surface area (Å²) in [4.78, 5) is 21.0. The molecule has 0 fully saturated rings. The van der Waals surface area contributed by atoms with Crippen LogP contribution in [-0.2, 0) is 9.59 Å². The number of thioether (sulfide) groups is 1. The summed E-state index contributed by atoms with van der Waals surface area (Å²) in [6.45, 7) is 1.23. The van der Waals surface area contributed by atoms with E-state index in [-0.39, 0.29) is 10.9 Å². The summed E-state index contributed by atoms with van der Waals surface area (Å²) in [6, 6.07) is -0.994. The van der Waals surface area contributed by atoms with Gasteiger partial charge in [-0.1, -0.05) is 11.8 Å². The third kappa shape index (κ3) is 5.97. The summed E-state index contributed by atoms with van der Waals surface area (Å²) < 4.78 is 0. The van der Waals surface area contributed by atoms with E-state index < -0.39 is 17.9 Å². The van der Waals surface area contributed by atoms with Gasteiger partial charge in [0, 0.05) is 12.7 Å². The Morgan fingerprint density at radius 3 is 2.54 bits per heavy atom. The zero-order valence-electron chi connectivity index (χ0n) is 7.03. The van der Waals surface area contributed by atoms with Crippen LogP contribution in [0.5, 0.6) is 0 Å². The normalized spacial score (nSPS) is 11.8. The SMILES string of the molecule is CC(=O)NC(CSC(=N)N)C(=O)O. The molecule has 0 radical (unpaired) electrons. The van der Waals surface area contributed by atoms with Crippen LogP contribution in [0, 0.1) is 5.41 Å². The van der Waals surface area contributed by atoms with E-state index in [0.29, 0.717) is 0 Å². The van der Waals surface area contributed by atoms with Crippen LogP contribution in [0.15, 0.2) is 0 Å². The van der Waals surface area contributed by atoms with Crippen molar-refractivity contribution < 1.29 is 14.7 Å². The number of carbonyl (C=O) groups excluding carboxylic acids is 1. The first-order chi connectivity index (χ1) is 5.93. The van der Waals surface area contributed by atoms with Crippen molar-refractivity contribution in [3.8, 4) is 0 Å². The van der Waals surface area contributed by atoms with Crippen LogP contribution < -0.4 is 11.1 Å². The monoisotopic (exact) mass is 205 g/mol. The standard InChI is InChI=1S/C6H11N3O3S/c1-3(10)9-4(5(11)12)2-13-6(7)8/h4H,2H2,1H3,(H3,7,8)(H,9,10)(H,11,12). The van der Waals surface area contributed by atoms with E-state index in [0.717, 1.165) is 11.8 Å². The first-order valence-corrected chi connectivity index (χ1v) is 4.38. The largest absolute Gasteiger partial charge is 0.480 e. The maximum atomic E-state index is 10.5. The Balaban J connectivity index is 4.02. The Morgan fingerprint density at radius 1 is 1.69 bits per heavy atom. The van der Waals surface area contributed by atoms with Crippen molar-refractivity contribution in [3.63, 3.8) is 0 Å². The second-order valence-corrected chi connectivity index (χ2v) is 3.33. The lowest BCUT2D eigenvalue weighted by Crippen LogP contribution is -2.41. The van der Waals surface area contributed by atoms with Gasteiger partial charge in [-0.15, -0.1) is 0 Å². The number of carboxylic acids is 1. The van der Waals surface area contributed by atoms with Gasteiger partial charge in [0.1, 0.15) is 6.04 Å². The van der Waals surface area contributed by atoms with Crippen LogP contribution in [0.4, 0.5) is 0 Å². The number of aliphatic carboxylic acids is 1. The summed E-state index contributed by atoms with van der Waals surface area (Å²) >= 11 is 0.875. The second kappa shape index (κ2) is 5.41. The summed E-state index contributed by atoms with van der Waals surface area (Å²) in [5.74, 6) is -1.50. The maximum absolute atomic E-state index is 10.5. The quantitative estimate of drug-likeness (QED) is 0.354. The Hall–Kier alpha value is -1.24. The fraction of sp³-hybridized carbons (Fsp3) is 0.500. The molecule has 0 aromatic heterocycles. The van der Waals surface area contributed by atoms with Crippen LogP contribution >= 0.6 is 11.8 Å². The van der Waals surface area contributed by atoms with Crippen LogP contribution in [0.3, 0.4) is 0 Å². The molecule has 1 atom stereocenters. The van der Waals surface area contributed by atoms with E-state index >= 15 is 0 Å². The number of hydrogen-bond acceptors (Lipinski definition) is 4. The highest BCUT2D eigenvalue weighted by Gasteiger charge is 2.18. The smallest absolute Gasteiger partial charge is 0.327 e. The van der Waals surface area contributed by atoms with Crippen LogP contribution in [0.1, 0.15) is 6.92 Å². The lowest BCUT2D eigenvalue weighted by Gasteiger charge is -2.11. The van der Waals surface area contributed by atoms with E-state index in [1.54, 1.807) is 0 Å². The average Bonchev–Trinajstić information content (AvgIpc) is 1.96. The van der Waals surface area contributed by atoms with Gasteiger partial charge in [-0.25, -0.2) is 4.79 Å². The predicted molar refractivity (Wildman–Crippen MR) is 49.6 cm³/mol. The average molecular weight is 205 g/mol. The summed E-state index contributed by atoms with van der Waals surface area (Å²) in [6.07, 6.45) is 0. The number of carbonyl (C=O) groups is 2. The molecule has 1 amide bonds. The van der Waals surface area contributed by atoms with Gasteiger partial charge < -0.3 is 16.2 Å². The van der Waals surface area contributed by atoms with Gasteiger partial charge >= 0.3 is 5.97 Å². The van der Waals surface area contributed by atoms with Crippen LogP contribution in [0.25, 0.3) is 0 Å². The molecule has 0 aliphatic heterocycles. The molecular formula is C6H11N3O3S. The van der Waals surface area contributed by atoms with Gasteiger partial charge in [-0.2, -0.15) is 0 Å². The zero-order valence-corrected chi connectivity index (χ0v) is 7.85. The molecule has 13 heavy (non-hydrogen) atoms. The van der Waals surface area contributed by atoms with Crippen molar-refractivity contribution in [2.75, 3.05) is 5.75 Å². The van der Waals surface area contributed by atoms with E-state index in [9.17, 15) is 9.59 Å². The number of hydrogen-bond donors (Lipinski definition) is 4. The molecule has 0 spiro atoms. The fourth-order valence-corrected chi connectivity index (χ4v) is 1.17. The minimum atomic E-state index is -1.14. The molecule has 0 aliphatic rings. The molecule has 1 unspecified atom stereocenters. The highest BCUT2D eigenvalue weighted by Crippen LogP contribution is 2.01.